The molecule has 0 saturated carbocycles. The van der Waals surface area contributed by atoms with Crippen molar-refractivity contribution in [1.82, 2.24) is 5.32 Å². The summed E-state index contributed by atoms with van der Waals surface area (Å²) in [6.45, 7) is 2.80. The van der Waals surface area contributed by atoms with Crippen molar-refractivity contribution in [2.24, 2.45) is 0 Å². The molecule has 0 radical (unpaired) electrons. The highest BCUT2D eigenvalue weighted by Gasteiger charge is 2.05. The molecule has 0 aliphatic carbocycles. The highest BCUT2D eigenvalue weighted by Crippen LogP contribution is 2.26. The lowest BCUT2D eigenvalue weighted by Crippen LogP contribution is -2.04. The van der Waals surface area contributed by atoms with Gasteiger partial charge in [0.1, 0.15) is 17.6 Å². The van der Waals surface area contributed by atoms with E-state index in [1.54, 1.807) is 6.07 Å². The summed E-state index contributed by atoms with van der Waals surface area (Å²) < 4.78 is 5.77. The fourth-order valence-corrected chi connectivity index (χ4v) is 1.81. The fourth-order valence-electron chi connectivity index (χ4n) is 1.81. The van der Waals surface area contributed by atoms with E-state index in [2.05, 4.69) is 11.4 Å². The Kier molecular flexibility index (Phi) is 4.17. The zero-order chi connectivity index (χ0) is 13.7. The first-order valence-corrected chi connectivity index (χ1v) is 6.15. The lowest BCUT2D eigenvalue weighted by molar-refractivity contribution is 0.480. The molecular weight excluding hydrogens is 236 g/mol. The summed E-state index contributed by atoms with van der Waals surface area (Å²) in [6.07, 6.45) is 0. The predicted octanol–water partition coefficient (Wildman–Crippen LogP) is 3.38. The molecule has 0 spiro atoms. The fraction of sp³-hybridized carbons (Fsp3) is 0.188. The average Bonchev–Trinajstić information content (AvgIpc) is 2.42. The van der Waals surface area contributed by atoms with Crippen molar-refractivity contribution in [1.29, 1.82) is 5.26 Å². The van der Waals surface area contributed by atoms with E-state index in [9.17, 15) is 0 Å². The molecule has 0 fully saturated rings. The third kappa shape index (κ3) is 3.34. The van der Waals surface area contributed by atoms with Crippen LogP contribution in [0.5, 0.6) is 11.5 Å². The van der Waals surface area contributed by atoms with Gasteiger partial charge in [0.25, 0.3) is 0 Å². The second-order valence-electron chi connectivity index (χ2n) is 4.39. The molecule has 2 rings (SSSR count). The van der Waals surface area contributed by atoms with Gasteiger partial charge in [-0.25, -0.2) is 0 Å². The second kappa shape index (κ2) is 6.03. The largest absolute Gasteiger partial charge is 0.456 e. The van der Waals surface area contributed by atoms with Gasteiger partial charge in [-0.3, -0.25) is 0 Å². The van der Waals surface area contributed by atoms with Crippen LogP contribution in [0.4, 0.5) is 0 Å². The predicted molar refractivity (Wildman–Crippen MR) is 75.2 cm³/mol. The topological polar surface area (TPSA) is 45.0 Å². The van der Waals surface area contributed by atoms with Crippen molar-refractivity contribution in [2.45, 2.75) is 13.5 Å². The Hall–Kier alpha value is -2.31. The molecule has 0 atom stereocenters. The number of aryl methyl sites for hydroxylation is 1. The van der Waals surface area contributed by atoms with Gasteiger partial charge in [-0.2, -0.15) is 5.26 Å². The molecule has 3 heteroatoms. The summed E-state index contributed by atoms with van der Waals surface area (Å²) in [4.78, 5) is 0. The van der Waals surface area contributed by atoms with Crippen LogP contribution >= 0.6 is 0 Å². The van der Waals surface area contributed by atoms with Gasteiger partial charge in [-0.15, -0.1) is 0 Å². The molecule has 96 valence electrons. The van der Waals surface area contributed by atoms with Crippen LogP contribution in [0.3, 0.4) is 0 Å². The maximum absolute atomic E-state index is 9.06. The number of ether oxygens (including phenoxy) is 1. The summed E-state index contributed by atoms with van der Waals surface area (Å²) in [5.41, 5.74) is 2.81. The number of hydrogen-bond donors (Lipinski definition) is 1. The highest BCUT2D eigenvalue weighted by atomic mass is 16.5. The van der Waals surface area contributed by atoms with Crippen LogP contribution in [0.1, 0.15) is 16.7 Å². The number of benzene rings is 2. The molecule has 0 aromatic heterocycles. The Balaban J connectivity index is 2.21. The zero-order valence-corrected chi connectivity index (χ0v) is 11.1. The Morgan fingerprint density at radius 1 is 1.16 bits per heavy atom. The summed E-state index contributed by atoms with van der Waals surface area (Å²) in [6, 6.07) is 15.5. The monoisotopic (exact) mass is 252 g/mol. The van der Waals surface area contributed by atoms with Gasteiger partial charge in [0, 0.05) is 6.54 Å². The van der Waals surface area contributed by atoms with Gasteiger partial charge >= 0.3 is 0 Å². The number of rotatable bonds is 4. The van der Waals surface area contributed by atoms with Crippen molar-refractivity contribution in [3.8, 4) is 17.6 Å². The van der Waals surface area contributed by atoms with Crippen molar-refractivity contribution in [3.05, 3.63) is 59.2 Å². The molecule has 0 aliphatic heterocycles. The van der Waals surface area contributed by atoms with E-state index in [1.807, 2.05) is 50.4 Å². The summed E-state index contributed by atoms with van der Waals surface area (Å²) in [5, 5.41) is 12.2. The summed E-state index contributed by atoms with van der Waals surface area (Å²) >= 11 is 0. The third-order valence-electron chi connectivity index (χ3n) is 2.79. The van der Waals surface area contributed by atoms with Gasteiger partial charge < -0.3 is 10.1 Å². The SMILES string of the molecule is CNCc1ccc(Oc2cc(C)ccc2C#N)cc1. The van der Waals surface area contributed by atoms with Crippen LogP contribution in [0, 0.1) is 18.3 Å². The molecule has 0 saturated heterocycles. The second-order valence-corrected chi connectivity index (χ2v) is 4.39. The molecule has 1 N–H and O–H groups in total. The first-order valence-electron chi connectivity index (χ1n) is 6.15. The van der Waals surface area contributed by atoms with E-state index in [1.165, 1.54) is 5.56 Å². The minimum Gasteiger partial charge on any atom is -0.456 e. The van der Waals surface area contributed by atoms with Crippen molar-refractivity contribution < 1.29 is 4.74 Å². The third-order valence-corrected chi connectivity index (χ3v) is 2.79. The van der Waals surface area contributed by atoms with E-state index in [-0.39, 0.29) is 0 Å². The first kappa shape index (κ1) is 13.1. The average molecular weight is 252 g/mol. The number of nitrogens with zero attached hydrogens (tertiary/aromatic N) is 1. The van der Waals surface area contributed by atoms with Crippen LogP contribution in [0.25, 0.3) is 0 Å². The molecular formula is C16H16N2O. The van der Waals surface area contributed by atoms with Crippen molar-refractivity contribution in [2.75, 3.05) is 7.05 Å². The first-order chi connectivity index (χ1) is 9.22. The Labute approximate surface area is 113 Å². The van der Waals surface area contributed by atoms with E-state index in [4.69, 9.17) is 10.00 Å². The van der Waals surface area contributed by atoms with Crippen molar-refractivity contribution >= 4 is 0 Å². The molecule has 19 heavy (non-hydrogen) atoms. The molecule has 2 aromatic rings. The number of nitriles is 1. The van der Waals surface area contributed by atoms with Gasteiger partial charge in [0.05, 0.1) is 5.56 Å². The van der Waals surface area contributed by atoms with Crippen LogP contribution < -0.4 is 10.1 Å². The standard InChI is InChI=1S/C16H16N2O/c1-12-3-6-14(10-17)16(9-12)19-15-7-4-13(5-8-15)11-18-2/h3-9,18H,11H2,1-2H3. The lowest BCUT2D eigenvalue weighted by atomic mass is 10.1. The van der Waals surface area contributed by atoms with Crippen LogP contribution in [0.2, 0.25) is 0 Å². The Bertz CT molecular complexity index is 597. The number of nitrogens with one attached hydrogen (secondary N) is 1. The van der Waals surface area contributed by atoms with Gasteiger partial charge in [0.2, 0.25) is 0 Å². The Morgan fingerprint density at radius 3 is 2.53 bits per heavy atom. The summed E-state index contributed by atoms with van der Waals surface area (Å²) in [5.74, 6) is 1.34. The molecule has 3 nitrogen and oxygen atoms in total. The van der Waals surface area contributed by atoms with Crippen LogP contribution in [-0.2, 0) is 6.54 Å². The van der Waals surface area contributed by atoms with E-state index < -0.39 is 0 Å². The quantitative estimate of drug-likeness (QED) is 0.907. The molecule has 0 bridgehead atoms. The molecule has 0 amide bonds. The maximum Gasteiger partial charge on any atom is 0.145 e. The van der Waals surface area contributed by atoms with Gasteiger partial charge in [0.15, 0.2) is 0 Å². The van der Waals surface area contributed by atoms with Crippen LogP contribution in [0.15, 0.2) is 42.5 Å². The molecule has 0 aliphatic rings. The van der Waals surface area contributed by atoms with Crippen LogP contribution in [-0.4, -0.2) is 7.05 Å². The van der Waals surface area contributed by atoms with E-state index in [0.29, 0.717) is 11.3 Å². The Morgan fingerprint density at radius 2 is 1.89 bits per heavy atom. The molecule has 0 unspecified atom stereocenters. The van der Waals surface area contributed by atoms with Gasteiger partial charge in [-0.05, 0) is 49.4 Å². The lowest BCUT2D eigenvalue weighted by Gasteiger charge is -2.09. The zero-order valence-electron chi connectivity index (χ0n) is 11.1. The summed E-state index contributed by atoms with van der Waals surface area (Å²) in [7, 11) is 1.91. The molecule has 0 heterocycles. The normalized spacial score (nSPS) is 9.95. The van der Waals surface area contributed by atoms with Crippen molar-refractivity contribution in [3.63, 3.8) is 0 Å². The van der Waals surface area contributed by atoms with Gasteiger partial charge in [-0.1, -0.05) is 18.2 Å². The van der Waals surface area contributed by atoms with E-state index >= 15 is 0 Å². The maximum atomic E-state index is 9.06. The highest BCUT2D eigenvalue weighted by molar-refractivity contribution is 5.47. The van der Waals surface area contributed by atoms with E-state index in [0.717, 1.165) is 17.9 Å². The minimum absolute atomic E-state index is 0.546. The minimum atomic E-state index is 0.546. The molecule has 2 aromatic carbocycles. The smallest absolute Gasteiger partial charge is 0.145 e. The number of hydrogen-bond acceptors (Lipinski definition) is 3.